The molecule has 94 valence electrons. The van der Waals surface area contributed by atoms with E-state index in [1.54, 1.807) is 0 Å². The Morgan fingerprint density at radius 1 is 1.47 bits per heavy atom. The van der Waals surface area contributed by atoms with Crippen molar-refractivity contribution < 1.29 is 4.74 Å². The van der Waals surface area contributed by atoms with Gasteiger partial charge in [0.2, 0.25) is 0 Å². The third-order valence-electron chi connectivity index (χ3n) is 3.32. The zero-order valence-electron chi connectivity index (χ0n) is 10.4. The van der Waals surface area contributed by atoms with Gasteiger partial charge in [0.1, 0.15) is 0 Å². The zero-order valence-corrected chi connectivity index (χ0v) is 12.0. The van der Waals surface area contributed by atoms with Crippen molar-refractivity contribution in [2.24, 2.45) is 0 Å². The van der Waals surface area contributed by atoms with Crippen molar-refractivity contribution in [3.8, 4) is 0 Å². The quantitative estimate of drug-likeness (QED) is 0.919. The molecule has 1 aromatic rings. The number of benzene rings is 1. The predicted molar refractivity (Wildman–Crippen MR) is 74.1 cm³/mol. The highest BCUT2D eigenvalue weighted by atomic mass is 79.9. The molecule has 2 rings (SSSR count). The van der Waals surface area contributed by atoms with Crippen LogP contribution in [0.1, 0.15) is 38.3 Å². The number of hydrogen-bond donors (Lipinski definition) is 1. The number of rotatable bonds is 3. The Balaban J connectivity index is 1.94. The van der Waals surface area contributed by atoms with Crippen molar-refractivity contribution in [3.05, 3.63) is 34.3 Å². The molecule has 2 unspecified atom stereocenters. The van der Waals surface area contributed by atoms with E-state index in [9.17, 15) is 0 Å². The fourth-order valence-electron chi connectivity index (χ4n) is 2.38. The standard InChI is InChI=1S/C14H20BrNO/c1-10-8-14(6-7-17-10)16-11(2)12-4-3-5-13(15)9-12/h3-5,9-11,14,16H,6-8H2,1-2H3/t10?,11-,14?/m0/s1. The number of nitrogens with one attached hydrogen (secondary N) is 1. The SMILES string of the molecule is CC1CC(N[C@@H](C)c2cccc(Br)c2)CCO1. The van der Waals surface area contributed by atoms with Gasteiger partial charge < -0.3 is 10.1 Å². The Hall–Kier alpha value is -0.380. The molecule has 1 aliphatic heterocycles. The molecule has 0 aliphatic carbocycles. The van der Waals surface area contributed by atoms with Crippen molar-refractivity contribution in [2.75, 3.05) is 6.61 Å². The number of halogens is 1. The van der Waals surface area contributed by atoms with Gasteiger partial charge in [0.25, 0.3) is 0 Å². The average Bonchev–Trinajstić information content (AvgIpc) is 2.29. The highest BCUT2D eigenvalue weighted by Crippen LogP contribution is 2.21. The average molecular weight is 298 g/mol. The van der Waals surface area contributed by atoms with E-state index in [-0.39, 0.29) is 0 Å². The van der Waals surface area contributed by atoms with Gasteiger partial charge in [-0.2, -0.15) is 0 Å². The van der Waals surface area contributed by atoms with Crippen LogP contribution in [0.15, 0.2) is 28.7 Å². The molecule has 0 amide bonds. The van der Waals surface area contributed by atoms with Crippen LogP contribution in [0.5, 0.6) is 0 Å². The second-order valence-electron chi connectivity index (χ2n) is 4.85. The van der Waals surface area contributed by atoms with Gasteiger partial charge in [-0.1, -0.05) is 28.1 Å². The minimum absolute atomic E-state index is 0.385. The molecule has 17 heavy (non-hydrogen) atoms. The second kappa shape index (κ2) is 5.98. The zero-order chi connectivity index (χ0) is 12.3. The molecule has 0 saturated carbocycles. The van der Waals surface area contributed by atoms with E-state index in [1.807, 2.05) is 0 Å². The molecule has 3 heteroatoms. The van der Waals surface area contributed by atoms with Crippen LogP contribution in [0.25, 0.3) is 0 Å². The van der Waals surface area contributed by atoms with Gasteiger partial charge in [-0.15, -0.1) is 0 Å². The van der Waals surface area contributed by atoms with Gasteiger partial charge in [0.05, 0.1) is 6.10 Å². The molecule has 0 bridgehead atoms. The first-order valence-electron chi connectivity index (χ1n) is 6.28. The molecule has 1 aliphatic rings. The monoisotopic (exact) mass is 297 g/mol. The topological polar surface area (TPSA) is 21.3 Å². The molecule has 1 N–H and O–H groups in total. The van der Waals surface area contributed by atoms with Crippen molar-refractivity contribution in [1.29, 1.82) is 0 Å². The summed E-state index contributed by atoms with van der Waals surface area (Å²) < 4.78 is 6.71. The molecule has 1 heterocycles. The smallest absolute Gasteiger partial charge is 0.0561 e. The fourth-order valence-corrected chi connectivity index (χ4v) is 2.79. The molecule has 1 aromatic carbocycles. The van der Waals surface area contributed by atoms with Crippen LogP contribution >= 0.6 is 15.9 Å². The largest absolute Gasteiger partial charge is 0.378 e. The molecule has 0 radical (unpaired) electrons. The summed E-state index contributed by atoms with van der Waals surface area (Å²) in [6, 6.07) is 9.47. The maximum Gasteiger partial charge on any atom is 0.0561 e. The van der Waals surface area contributed by atoms with Gasteiger partial charge in [0, 0.05) is 23.2 Å². The fraction of sp³-hybridized carbons (Fsp3) is 0.571. The van der Waals surface area contributed by atoms with Crippen LogP contribution < -0.4 is 5.32 Å². The van der Waals surface area contributed by atoms with Crippen LogP contribution in [-0.2, 0) is 4.74 Å². The molecular formula is C14H20BrNO. The molecule has 0 aromatic heterocycles. The first kappa shape index (κ1) is 13.1. The summed E-state index contributed by atoms with van der Waals surface area (Å²) in [6.45, 7) is 5.25. The van der Waals surface area contributed by atoms with Crippen molar-refractivity contribution in [3.63, 3.8) is 0 Å². The third kappa shape index (κ3) is 3.80. The Labute approximate surface area is 112 Å². The maximum atomic E-state index is 5.57. The van der Waals surface area contributed by atoms with Crippen LogP contribution in [0.3, 0.4) is 0 Å². The summed E-state index contributed by atoms with van der Waals surface area (Å²) in [5.74, 6) is 0. The predicted octanol–water partition coefficient (Wildman–Crippen LogP) is 3.67. The summed E-state index contributed by atoms with van der Waals surface area (Å²) in [6.07, 6.45) is 2.61. The summed E-state index contributed by atoms with van der Waals surface area (Å²) in [7, 11) is 0. The van der Waals surface area contributed by atoms with Crippen molar-refractivity contribution in [2.45, 2.75) is 44.9 Å². The second-order valence-corrected chi connectivity index (χ2v) is 5.76. The summed E-state index contributed by atoms with van der Waals surface area (Å²) in [4.78, 5) is 0. The van der Waals surface area contributed by atoms with Gasteiger partial charge in [-0.05, 0) is 44.4 Å². The lowest BCUT2D eigenvalue weighted by Crippen LogP contribution is -2.39. The van der Waals surface area contributed by atoms with Gasteiger partial charge in [0.15, 0.2) is 0 Å². The number of ether oxygens (including phenoxy) is 1. The Bertz CT molecular complexity index is 369. The van der Waals surface area contributed by atoms with E-state index < -0.39 is 0 Å². The first-order chi connectivity index (χ1) is 8.15. The highest BCUT2D eigenvalue weighted by molar-refractivity contribution is 9.10. The molecule has 1 saturated heterocycles. The lowest BCUT2D eigenvalue weighted by Gasteiger charge is -2.30. The molecule has 0 spiro atoms. The van der Waals surface area contributed by atoms with E-state index in [2.05, 4.69) is 59.4 Å². The maximum absolute atomic E-state index is 5.57. The Morgan fingerprint density at radius 3 is 3.00 bits per heavy atom. The van der Waals surface area contributed by atoms with Gasteiger partial charge in [-0.3, -0.25) is 0 Å². The molecule has 1 fully saturated rings. The van der Waals surface area contributed by atoms with Crippen molar-refractivity contribution in [1.82, 2.24) is 5.32 Å². The van der Waals surface area contributed by atoms with E-state index in [1.165, 1.54) is 5.56 Å². The lowest BCUT2D eigenvalue weighted by atomic mass is 10.0. The minimum Gasteiger partial charge on any atom is -0.378 e. The normalized spacial score (nSPS) is 26.8. The van der Waals surface area contributed by atoms with E-state index in [0.29, 0.717) is 18.2 Å². The molecular weight excluding hydrogens is 278 g/mol. The summed E-state index contributed by atoms with van der Waals surface area (Å²) in [5, 5.41) is 3.69. The molecule has 2 nitrogen and oxygen atoms in total. The van der Waals surface area contributed by atoms with Crippen LogP contribution in [0.2, 0.25) is 0 Å². The van der Waals surface area contributed by atoms with E-state index >= 15 is 0 Å². The van der Waals surface area contributed by atoms with Crippen LogP contribution in [0.4, 0.5) is 0 Å². The van der Waals surface area contributed by atoms with E-state index in [4.69, 9.17) is 4.74 Å². The first-order valence-corrected chi connectivity index (χ1v) is 7.07. The Kier molecular flexibility index (Phi) is 4.60. The minimum atomic E-state index is 0.385. The third-order valence-corrected chi connectivity index (χ3v) is 3.81. The van der Waals surface area contributed by atoms with Gasteiger partial charge >= 0.3 is 0 Å². The Morgan fingerprint density at radius 2 is 2.29 bits per heavy atom. The van der Waals surface area contributed by atoms with Crippen LogP contribution in [0, 0.1) is 0 Å². The number of hydrogen-bond acceptors (Lipinski definition) is 2. The van der Waals surface area contributed by atoms with Crippen molar-refractivity contribution >= 4 is 15.9 Å². The lowest BCUT2D eigenvalue weighted by molar-refractivity contribution is 0.0116. The summed E-state index contributed by atoms with van der Waals surface area (Å²) >= 11 is 3.52. The highest BCUT2D eigenvalue weighted by Gasteiger charge is 2.20. The van der Waals surface area contributed by atoms with Gasteiger partial charge in [-0.25, -0.2) is 0 Å². The van der Waals surface area contributed by atoms with E-state index in [0.717, 1.165) is 23.9 Å². The molecule has 3 atom stereocenters. The summed E-state index contributed by atoms with van der Waals surface area (Å²) in [5.41, 5.74) is 1.33. The van der Waals surface area contributed by atoms with Crippen LogP contribution in [-0.4, -0.2) is 18.8 Å².